The van der Waals surface area contributed by atoms with Crippen molar-refractivity contribution in [3.63, 3.8) is 0 Å². The average Bonchev–Trinajstić information content (AvgIpc) is 2.77. The third-order valence-corrected chi connectivity index (χ3v) is 3.74. The molecular formula is C13H23N3O2. The predicted octanol–water partition coefficient (Wildman–Crippen LogP) is 1.61. The maximum atomic E-state index is 9.49. The Morgan fingerprint density at radius 1 is 1.50 bits per heavy atom. The summed E-state index contributed by atoms with van der Waals surface area (Å²) >= 11 is 0. The van der Waals surface area contributed by atoms with E-state index in [2.05, 4.69) is 28.9 Å². The van der Waals surface area contributed by atoms with E-state index in [4.69, 9.17) is 4.52 Å². The van der Waals surface area contributed by atoms with Gasteiger partial charge in [-0.1, -0.05) is 19.0 Å². The molecule has 0 spiro atoms. The van der Waals surface area contributed by atoms with Crippen molar-refractivity contribution in [3.8, 4) is 0 Å². The molecule has 5 heteroatoms. The minimum absolute atomic E-state index is 0.209. The van der Waals surface area contributed by atoms with Crippen molar-refractivity contribution in [2.24, 2.45) is 5.92 Å². The molecule has 0 radical (unpaired) electrons. The van der Waals surface area contributed by atoms with E-state index in [1.807, 2.05) is 0 Å². The minimum Gasteiger partial charge on any atom is -0.395 e. The lowest BCUT2D eigenvalue weighted by molar-refractivity contribution is 0.0449. The Bertz CT molecular complexity index is 367. The van der Waals surface area contributed by atoms with Gasteiger partial charge in [0.25, 0.3) is 0 Å². The molecule has 2 heterocycles. The quantitative estimate of drug-likeness (QED) is 0.864. The van der Waals surface area contributed by atoms with Gasteiger partial charge in [0.2, 0.25) is 5.89 Å². The Balaban J connectivity index is 1.97. The van der Waals surface area contributed by atoms with Crippen molar-refractivity contribution >= 4 is 0 Å². The second kappa shape index (κ2) is 6.29. The fraction of sp³-hybridized carbons (Fsp3) is 0.846. The molecule has 2 atom stereocenters. The first kappa shape index (κ1) is 13.5. The molecule has 2 rings (SSSR count). The van der Waals surface area contributed by atoms with Gasteiger partial charge in [-0.3, -0.25) is 4.90 Å². The van der Waals surface area contributed by atoms with E-state index in [0.717, 1.165) is 31.1 Å². The van der Waals surface area contributed by atoms with Crippen LogP contribution in [0.25, 0.3) is 0 Å². The fourth-order valence-electron chi connectivity index (χ4n) is 2.68. The van der Waals surface area contributed by atoms with E-state index in [1.165, 1.54) is 12.8 Å². The zero-order valence-corrected chi connectivity index (χ0v) is 11.3. The van der Waals surface area contributed by atoms with Crippen molar-refractivity contribution in [2.45, 2.75) is 52.1 Å². The molecule has 1 fully saturated rings. The molecule has 0 aliphatic carbocycles. The highest BCUT2D eigenvalue weighted by molar-refractivity contribution is 4.90. The Labute approximate surface area is 108 Å². The Hall–Kier alpha value is -0.940. The molecular weight excluding hydrogens is 230 g/mol. The largest absolute Gasteiger partial charge is 0.395 e. The van der Waals surface area contributed by atoms with Crippen LogP contribution in [0.2, 0.25) is 0 Å². The monoisotopic (exact) mass is 253 g/mol. The molecule has 1 aliphatic heterocycles. The topological polar surface area (TPSA) is 62.4 Å². The van der Waals surface area contributed by atoms with E-state index in [0.29, 0.717) is 12.5 Å². The highest BCUT2D eigenvalue weighted by Gasteiger charge is 2.28. The minimum atomic E-state index is 0.209. The molecule has 0 bridgehead atoms. The lowest BCUT2D eigenvalue weighted by atomic mass is 9.91. The molecule has 18 heavy (non-hydrogen) atoms. The van der Waals surface area contributed by atoms with Gasteiger partial charge in [-0.15, -0.1) is 0 Å². The zero-order chi connectivity index (χ0) is 13.0. The molecule has 1 aromatic heterocycles. The van der Waals surface area contributed by atoms with Gasteiger partial charge >= 0.3 is 0 Å². The maximum Gasteiger partial charge on any atom is 0.226 e. The van der Waals surface area contributed by atoms with Crippen LogP contribution in [0, 0.1) is 5.92 Å². The van der Waals surface area contributed by atoms with Gasteiger partial charge in [-0.2, -0.15) is 4.98 Å². The molecule has 1 aliphatic rings. The highest BCUT2D eigenvalue weighted by atomic mass is 16.5. The smallest absolute Gasteiger partial charge is 0.226 e. The normalized spacial score (nSPS) is 25.5. The molecule has 0 aromatic carbocycles. The molecule has 1 saturated heterocycles. The van der Waals surface area contributed by atoms with Crippen molar-refractivity contribution < 1.29 is 9.63 Å². The highest BCUT2D eigenvalue weighted by Crippen LogP contribution is 2.24. The van der Waals surface area contributed by atoms with Crippen LogP contribution < -0.4 is 0 Å². The van der Waals surface area contributed by atoms with E-state index in [-0.39, 0.29) is 12.6 Å². The van der Waals surface area contributed by atoms with Gasteiger partial charge in [-0.05, 0) is 31.7 Å². The van der Waals surface area contributed by atoms with Gasteiger partial charge in [0.15, 0.2) is 5.82 Å². The SMILES string of the molecule is CCCc1nc(CN2CCCC(C)C2CO)no1. The summed E-state index contributed by atoms with van der Waals surface area (Å²) in [6.07, 6.45) is 4.22. The van der Waals surface area contributed by atoms with Crippen LogP contribution in [0.3, 0.4) is 0 Å². The standard InChI is InChI=1S/C13H23N3O2/c1-3-5-13-14-12(15-18-13)8-16-7-4-6-10(2)11(16)9-17/h10-11,17H,3-9H2,1-2H3. The summed E-state index contributed by atoms with van der Waals surface area (Å²) in [6.45, 7) is 6.20. The number of hydrogen-bond acceptors (Lipinski definition) is 5. The summed E-state index contributed by atoms with van der Waals surface area (Å²) in [6, 6.07) is 0.229. The van der Waals surface area contributed by atoms with Crippen molar-refractivity contribution in [1.82, 2.24) is 15.0 Å². The lowest BCUT2D eigenvalue weighted by Gasteiger charge is -2.38. The first-order valence-electron chi connectivity index (χ1n) is 6.91. The summed E-state index contributed by atoms with van der Waals surface area (Å²) in [5.41, 5.74) is 0. The number of aryl methyl sites for hydroxylation is 1. The van der Waals surface area contributed by atoms with E-state index >= 15 is 0 Å². The van der Waals surface area contributed by atoms with Crippen LogP contribution in [0.1, 0.15) is 44.8 Å². The fourth-order valence-corrected chi connectivity index (χ4v) is 2.68. The van der Waals surface area contributed by atoms with Crippen LogP contribution in [0.15, 0.2) is 4.52 Å². The van der Waals surface area contributed by atoms with Crippen LogP contribution in [0.4, 0.5) is 0 Å². The molecule has 2 unspecified atom stereocenters. The van der Waals surface area contributed by atoms with Crippen LogP contribution in [0.5, 0.6) is 0 Å². The number of piperidine rings is 1. The molecule has 5 nitrogen and oxygen atoms in total. The summed E-state index contributed by atoms with van der Waals surface area (Å²) in [5.74, 6) is 2.00. The summed E-state index contributed by atoms with van der Waals surface area (Å²) in [7, 11) is 0. The summed E-state index contributed by atoms with van der Waals surface area (Å²) in [4.78, 5) is 6.66. The van der Waals surface area contributed by atoms with E-state index < -0.39 is 0 Å². The first-order chi connectivity index (χ1) is 8.74. The summed E-state index contributed by atoms with van der Waals surface area (Å²) < 4.78 is 5.19. The van der Waals surface area contributed by atoms with E-state index in [9.17, 15) is 5.11 Å². The Morgan fingerprint density at radius 3 is 3.06 bits per heavy atom. The number of aliphatic hydroxyl groups is 1. The molecule has 1 N–H and O–H groups in total. The van der Waals surface area contributed by atoms with Crippen LogP contribution >= 0.6 is 0 Å². The van der Waals surface area contributed by atoms with Gasteiger partial charge < -0.3 is 9.63 Å². The number of hydrogen-bond donors (Lipinski definition) is 1. The molecule has 0 saturated carbocycles. The van der Waals surface area contributed by atoms with Crippen molar-refractivity contribution in [1.29, 1.82) is 0 Å². The second-order valence-electron chi connectivity index (χ2n) is 5.19. The second-order valence-corrected chi connectivity index (χ2v) is 5.19. The van der Waals surface area contributed by atoms with Crippen molar-refractivity contribution in [3.05, 3.63) is 11.7 Å². The Kier molecular flexibility index (Phi) is 4.72. The number of aromatic nitrogens is 2. The predicted molar refractivity (Wildman–Crippen MR) is 68.0 cm³/mol. The van der Waals surface area contributed by atoms with Gasteiger partial charge in [0, 0.05) is 12.5 Å². The van der Waals surface area contributed by atoms with Crippen LogP contribution in [-0.4, -0.2) is 39.3 Å². The van der Waals surface area contributed by atoms with Crippen LogP contribution in [-0.2, 0) is 13.0 Å². The number of aliphatic hydroxyl groups excluding tert-OH is 1. The zero-order valence-electron chi connectivity index (χ0n) is 11.3. The summed E-state index contributed by atoms with van der Waals surface area (Å²) in [5, 5.41) is 13.5. The van der Waals surface area contributed by atoms with E-state index in [1.54, 1.807) is 0 Å². The lowest BCUT2D eigenvalue weighted by Crippen LogP contribution is -2.46. The van der Waals surface area contributed by atoms with Crippen molar-refractivity contribution in [2.75, 3.05) is 13.2 Å². The van der Waals surface area contributed by atoms with Gasteiger partial charge in [0.05, 0.1) is 13.2 Å². The average molecular weight is 253 g/mol. The van der Waals surface area contributed by atoms with Gasteiger partial charge in [0.1, 0.15) is 0 Å². The Morgan fingerprint density at radius 2 is 2.33 bits per heavy atom. The third kappa shape index (κ3) is 3.09. The third-order valence-electron chi connectivity index (χ3n) is 3.74. The number of nitrogens with zero attached hydrogens (tertiary/aromatic N) is 3. The maximum absolute atomic E-state index is 9.49. The van der Waals surface area contributed by atoms with Gasteiger partial charge in [-0.25, -0.2) is 0 Å². The number of rotatable bonds is 5. The number of likely N-dealkylation sites (tertiary alicyclic amines) is 1. The molecule has 102 valence electrons. The first-order valence-corrected chi connectivity index (χ1v) is 6.91. The molecule has 0 amide bonds. The molecule has 1 aromatic rings.